The van der Waals surface area contributed by atoms with Crippen molar-refractivity contribution in [3.05, 3.63) is 0 Å². The second kappa shape index (κ2) is 4.59. The van der Waals surface area contributed by atoms with E-state index in [4.69, 9.17) is 0 Å². The van der Waals surface area contributed by atoms with Crippen molar-refractivity contribution in [2.24, 2.45) is 22.7 Å². The van der Waals surface area contributed by atoms with Crippen LogP contribution in [0.25, 0.3) is 0 Å². The van der Waals surface area contributed by atoms with E-state index in [9.17, 15) is 9.50 Å². The average Bonchev–Trinajstić information content (AvgIpc) is 2.26. The van der Waals surface area contributed by atoms with Crippen LogP contribution in [0.5, 0.6) is 0 Å². The number of rotatable bonds is 4. The molecule has 0 atom stereocenters. The molecule has 0 aliphatic heterocycles. The number of nitrogens with one attached hydrogen (secondary N) is 1. The van der Waals surface area contributed by atoms with Crippen LogP contribution in [0.1, 0.15) is 38.5 Å². The van der Waals surface area contributed by atoms with Crippen LogP contribution in [0.3, 0.4) is 0 Å². The summed E-state index contributed by atoms with van der Waals surface area (Å²) in [6.07, 6.45) is 8.74. The summed E-state index contributed by atoms with van der Waals surface area (Å²) in [4.78, 5) is 15.6. The molecule has 0 spiro atoms. The number of carbonyl (C=O) groups excluding carboxylic acids is 1. The number of amides is 1. The van der Waals surface area contributed by atoms with Crippen LogP contribution in [0.2, 0.25) is 0 Å². The van der Waals surface area contributed by atoms with Gasteiger partial charge in [0.05, 0.1) is 0 Å². The van der Waals surface area contributed by atoms with E-state index in [1.807, 2.05) is 0 Å². The van der Waals surface area contributed by atoms with Gasteiger partial charge in [0.1, 0.15) is 0 Å². The topological polar surface area (TPSA) is 58.5 Å². The van der Waals surface area contributed by atoms with Gasteiger partial charge in [-0.15, -0.1) is 0 Å². The summed E-state index contributed by atoms with van der Waals surface area (Å²) in [5, 5.41) is 3.21. The third-order valence-corrected chi connectivity index (χ3v) is 4.84. The Balaban J connectivity index is 1.63. The Hall–Kier alpha value is -0.995. The minimum absolute atomic E-state index is 0.0324. The molecule has 0 radical (unpaired) electrons. The first-order chi connectivity index (χ1) is 8.69. The van der Waals surface area contributed by atoms with Gasteiger partial charge < -0.3 is 0 Å². The number of aliphatic imine (C=N–C) groups is 1. The van der Waals surface area contributed by atoms with Crippen molar-refractivity contribution in [2.75, 3.05) is 6.54 Å². The molecule has 5 heteroatoms. The zero-order valence-corrected chi connectivity index (χ0v) is 10.6. The molecule has 4 rings (SSSR count). The molecule has 0 saturated heterocycles. The van der Waals surface area contributed by atoms with Crippen LogP contribution in [0, 0.1) is 17.8 Å². The van der Waals surface area contributed by atoms with Crippen molar-refractivity contribution in [2.45, 2.75) is 44.1 Å². The standard InChI is InChI=1S/C13H19BN2O2/c17-12(7-15-8-14-18)16-13-4-9-1-10(5-13)3-11(2-9)6-13/h8-11H,1-7H2,(H,16,17)/b15-8+. The van der Waals surface area contributed by atoms with E-state index < -0.39 is 0 Å². The molecule has 1 amide bonds. The summed E-state index contributed by atoms with van der Waals surface area (Å²) < 4.78 is 10.1. The molecule has 4 bridgehead atoms. The summed E-state index contributed by atoms with van der Waals surface area (Å²) in [6.45, 7) is 0.0838. The first-order valence-corrected chi connectivity index (χ1v) is 6.94. The van der Waals surface area contributed by atoms with Gasteiger partial charge in [0, 0.05) is 0 Å². The monoisotopic (exact) mass is 246 g/mol. The predicted molar refractivity (Wildman–Crippen MR) is 68.8 cm³/mol. The fraction of sp³-hybridized carbons (Fsp3) is 0.846. The fourth-order valence-electron chi connectivity index (χ4n) is 4.78. The molecule has 0 aromatic carbocycles. The normalized spacial score (nSPS) is 41.0. The van der Waals surface area contributed by atoms with Crippen molar-refractivity contribution in [1.82, 2.24) is 5.32 Å². The minimum atomic E-state index is -0.0324. The van der Waals surface area contributed by atoms with Gasteiger partial charge in [-0.2, -0.15) is 0 Å². The first-order valence-electron chi connectivity index (χ1n) is 6.94. The van der Waals surface area contributed by atoms with Crippen LogP contribution in [-0.4, -0.2) is 31.3 Å². The maximum atomic E-state index is 11.9. The molecule has 0 heterocycles. The van der Waals surface area contributed by atoms with Gasteiger partial charge in [0.15, 0.2) is 0 Å². The van der Waals surface area contributed by atoms with E-state index in [0.717, 1.165) is 43.1 Å². The van der Waals surface area contributed by atoms with Gasteiger partial charge in [0.25, 0.3) is 0 Å². The Morgan fingerprint density at radius 2 is 1.78 bits per heavy atom. The number of hydrogen-bond donors (Lipinski definition) is 1. The Kier molecular flexibility index (Phi) is 3.08. The Morgan fingerprint density at radius 1 is 1.22 bits per heavy atom. The molecular formula is C13H19BN2O2. The molecule has 18 heavy (non-hydrogen) atoms. The first kappa shape index (κ1) is 12.1. The SMILES string of the molecule is O=B/C=N/CC(=O)NC12CC3CC(CC(C3)C1)C2. The van der Waals surface area contributed by atoms with Crippen molar-refractivity contribution in [3.8, 4) is 0 Å². The van der Waals surface area contributed by atoms with Gasteiger partial charge in [-0.3, -0.25) is 0 Å². The third kappa shape index (κ3) is 2.27. The van der Waals surface area contributed by atoms with Crippen LogP contribution in [0.15, 0.2) is 4.99 Å². The second-order valence-corrected chi connectivity index (χ2v) is 6.37. The fourth-order valence-corrected chi connectivity index (χ4v) is 4.78. The Bertz CT molecular complexity index is 359. The van der Waals surface area contributed by atoms with Gasteiger partial charge >= 0.3 is 107 Å². The molecule has 0 unspecified atom stereocenters. The predicted octanol–water partition coefficient (Wildman–Crippen LogP) is 1.15. The molecule has 96 valence electrons. The van der Waals surface area contributed by atoms with E-state index in [2.05, 4.69) is 10.3 Å². The van der Waals surface area contributed by atoms with Crippen LogP contribution >= 0.6 is 0 Å². The van der Waals surface area contributed by atoms with Crippen molar-refractivity contribution in [3.63, 3.8) is 0 Å². The molecule has 4 nitrogen and oxygen atoms in total. The van der Waals surface area contributed by atoms with Crippen LogP contribution in [-0.2, 0) is 9.50 Å². The van der Waals surface area contributed by atoms with Gasteiger partial charge in [0.2, 0.25) is 0 Å². The zero-order valence-electron chi connectivity index (χ0n) is 10.6. The maximum absolute atomic E-state index is 11.9. The number of carbonyl (C=O) groups is 1. The van der Waals surface area contributed by atoms with Crippen molar-refractivity contribution in [1.29, 1.82) is 0 Å². The molecule has 4 aliphatic rings. The summed E-state index contributed by atoms with van der Waals surface area (Å²) in [6, 6.07) is 0. The summed E-state index contributed by atoms with van der Waals surface area (Å²) in [7, 11) is 0.609. The molecule has 0 aromatic rings. The van der Waals surface area contributed by atoms with Crippen molar-refractivity contribution >= 4 is 19.2 Å². The molecule has 4 aliphatic carbocycles. The Labute approximate surface area is 108 Å². The molecular weight excluding hydrogens is 227 g/mol. The van der Waals surface area contributed by atoms with Gasteiger partial charge in [-0.05, 0) is 0 Å². The summed E-state index contributed by atoms with van der Waals surface area (Å²) >= 11 is 0. The number of hydrogen-bond acceptors (Lipinski definition) is 3. The summed E-state index contributed by atoms with van der Waals surface area (Å²) in [5.41, 5.74) is 0.0581. The average molecular weight is 246 g/mol. The van der Waals surface area contributed by atoms with Crippen LogP contribution in [0.4, 0.5) is 0 Å². The molecule has 4 saturated carbocycles. The van der Waals surface area contributed by atoms with Crippen LogP contribution < -0.4 is 5.32 Å². The second-order valence-electron chi connectivity index (χ2n) is 6.37. The summed E-state index contributed by atoms with van der Waals surface area (Å²) in [5.74, 6) is 2.45. The van der Waals surface area contributed by atoms with E-state index in [1.54, 1.807) is 0 Å². The van der Waals surface area contributed by atoms with Gasteiger partial charge in [-0.25, -0.2) is 0 Å². The van der Waals surface area contributed by atoms with E-state index in [-0.39, 0.29) is 18.0 Å². The van der Waals surface area contributed by atoms with Gasteiger partial charge in [-0.1, -0.05) is 0 Å². The Morgan fingerprint density at radius 3 is 2.28 bits per heavy atom. The molecule has 0 aromatic heterocycles. The van der Waals surface area contributed by atoms with E-state index in [1.165, 1.54) is 19.3 Å². The third-order valence-electron chi connectivity index (χ3n) is 4.84. The van der Waals surface area contributed by atoms with E-state index in [0.29, 0.717) is 7.15 Å². The molecule has 1 N–H and O–H groups in total. The number of nitrogens with zero attached hydrogens (tertiary/aromatic N) is 1. The zero-order chi connectivity index (χ0) is 12.6. The molecule has 4 fully saturated rings. The quantitative estimate of drug-likeness (QED) is 0.597. The van der Waals surface area contributed by atoms with E-state index >= 15 is 0 Å². The van der Waals surface area contributed by atoms with Crippen molar-refractivity contribution < 1.29 is 9.50 Å².